The predicted molar refractivity (Wildman–Crippen MR) is 106 cm³/mol. The summed E-state index contributed by atoms with van der Waals surface area (Å²) in [7, 11) is 0. The highest BCUT2D eigenvalue weighted by molar-refractivity contribution is 7.98. The van der Waals surface area contributed by atoms with Gasteiger partial charge in [-0.05, 0) is 30.7 Å². The van der Waals surface area contributed by atoms with E-state index < -0.39 is 5.91 Å². The van der Waals surface area contributed by atoms with Crippen LogP contribution < -0.4 is 5.73 Å². The lowest BCUT2D eigenvalue weighted by Gasteiger charge is -2.06. The maximum Gasteiger partial charge on any atom is 0.237 e. The molecule has 0 atom stereocenters. The Kier molecular flexibility index (Phi) is 5.61. The summed E-state index contributed by atoms with van der Waals surface area (Å²) in [4.78, 5) is 15.6. The zero-order valence-corrected chi connectivity index (χ0v) is 16.7. The summed E-state index contributed by atoms with van der Waals surface area (Å²) in [5.41, 5.74) is 6.36. The maximum atomic E-state index is 13.8. The Bertz CT molecular complexity index is 1170. The number of hydrogen-bond acceptors (Lipinski definition) is 8. The number of primary amides is 1. The molecule has 11 heteroatoms. The molecule has 0 spiro atoms. The minimum atomic E-state index is -0.433. The van der Waals surface area contributed by atoms with Crippen molar-refractivity contribution < 1.29 is 18.1 Å². The molecule has 30 heavy (non-hydrogen) atoms. The number of halogens is 1. The van der Waals surface area contributed by atoms with Crippen LogP contribution in [0.4, 0.5) is 4.39 Å². The van der Waals surface area contributed by atoms with Crippen molar-refractivity contribution in [3.63, 3.8) is 0 Å². The average Bonchev–Trinajstić information content (AvgIpc) is 3.47. The summed E-state index contributed by atoms with van der Waals surface area (Å²) in [6, 6.07) is 8.25. The van der Waals surface area contributed by atoms with Crippen LogP contribution in [0.15, 0.2) is 50.7 Å². The fraction of sp³-hybridized carbons (Fsp3) is 0.211. The number of benzene rings is 1. The monoisotopic (exact) mass is 428 g/mol. The van der Waals surface area contributed by atoms with Gasteiger partial charge in [-0.25, -0.2) is 4.39 Å². The lowest BCUT2D eigenvalue weighted by Crippen LogP contribution is -2.15. The Hall–Kier alpha value is -3.47. The van der Waals surface area contributed by atoms with E-state index in [1.54, 1.807) is 35.8 Å². The van der Waals surface area contributed by atoms with Gasteiger partial charge in [0.1, 0.15) is 5.82 Å². The van der Waals surface area contributed by atoms with Crippen molar-refractivity contribution in [3.05, 3.63) is 53.9 Å². The Balaban J connectivity index is 1.51. The number of aromatic nitrogens is 5. The van der Waals surface area contributed by atoms with E-state index in [2.05, 4.69) is 20.3 Å². The Morgan fingerprint density at radius 2 is 2.17 bits per heavy atom. The van der Waals surface area contributed by atoms with Crippen LogP contribution in [0.25, 0.3) is 23.0 Å². The van der Waals surface area contributed by atoms with E-state index in [0.29, 0.717) is 51.9 Å². The number of aryl methyl sites for hydroxylation is 1. The molecule has 0 saturated heterocycles. The van der Waals surface area contributed by atoms with Crippen LogP contribution in [0.5, 0.6) is 0 Å². The molecule has 4 rings (SSSR count). The minimum absolute atomic E-state index is 0.128. The number of hydrogen-bond donors (Lipinski definition) is 1. The van der Waals surface area contributed by atoms with Gasteiger partial charge in [-0.15, -0.1) is 10.2 Å². The molecule has 0 aliphatic carbocycles. The fourth-order valence-corrected chi connectivity index (χ4v) is 3.50. The number of amides is 1. The van der Waals surface area contributed by atoms with E-state index in [0.717, 1.165) is 0 Å². The van der Waals surface area contributed by atoms with Crippen LogP contribution in [-0.2, 0) is 17.1 Å². The molecular weight excluding hydrogens is 411 g/mol. The van der Waals surface area contributed by atoms with E-state index >= 15 is 0 Å². The van der Waals surface area contributed by atoms with Crippen molar-refractivity contribution in [1.29, 1.82) is 0 Å². The number of rotatable bonds is 8. The van der Waals surface area contributed by atoms with Crippen LogP contribution in [0.3, 0.4) is 0 Å². The van der Waals surface area contributed by atoms with Gasteiger partial charge in [0.05, 0.1) is 12.0 Å². The first-order valence-corrected chi connectivity index (χ1v) is 9.97. The van der Waals surface area contributed by atoms with Crippen LogP contribution in [0, 0.1) is 12.7 Å². The van der Waals surface area contributed by atoms with Gasteiger partial charge in [-0.1, -0.05) is 29.1 Å². The summed E-state index contributed by atoms with van der Waals surface area (Å²) >= 11 is 1.31. The van der Waals surface area contributed by atoms with Gasteiger partial charge in [0.25, 0.3) is 0 Å². The zero-order chi connectivity index (χ0) is 21.1. The Morgan fingerprint density at radius 1 is 1.30 bits per heavy atom. The van der Waals surface area contributed by atoms with E-state index in [1.165, 1.54) is 24.1 Å². The third-order valence-corrected chi connectivity index (χ3v) is 5.21. The van der Waals surface area contributed by atoms with Crippen LogP contribution >= 0.6 is 11.8 Å². The normalized spacial score (nSPS) is 11.1. The van der Waals surface area contributed by atoms with Crippen molar-refractivity contribution in [3.8, 4) is 23.0 Å². The van der Waals surface area contributed by atoms with Gasteiger partial charge in [0.15, 0.2) is 16.7 Å². The van der Waals surface area contributed by atoms with Gasteiger partial charge in [0, 0.05) is 18.5 Å². The van der Waals surface area contributed by atoms with Crippen molar-refractivity contribution in [2.45, 2.75) is 30.8 Å². The van der Waals surface area contributed by atoms with Crippen molar-refractivity contribution in [1.82, 2.24) is 24.9 Å². The number of carbonyl (C=O) groups excluding carboxylic acids is 1. The number of nitrogens with two attached hydrogens (primary N) is 1. The highest BCUT2D eigenvalue weighted by Gasteiger charge is 2.18. The van der Waals surface area contributed by atoms with Gasteiger partial charge < -0.3 is 14.7 Å². The largest absolute Gasteiger partial charge is 0.461 e. The summed E-state index contributed by atoms with van der Waals surface area (Å²) < 4.78 is 26.2. The van der Waals surface area contributed by atoms with E-state index in [4.69, 9.17) is 14.7 Å². The summed E-state index contributed by atoms with van der Waals surface area (Å²) in [5, 5.41) is 12.8. The molecule has 0 unspecified atom stereocenters. The highest BCUT2D eigenvalue weighted by Crippen LogP contribution is 2.27. The number of carbonyl (C=O) groups is 1. The molecule has 1 aromatic carbocycles. The minimum Gasteiger partial charge on any atom is -0.461 e. The predicted octanol–water partition coefficient (Wildman–Crippen LogP) is 3.20. The molecule has 1 amide bonds. The quantitative estimate of drug-likeness (QED) is 0.424. The molecule has 3 aromatic heterocycles. The average molecular weight is 428 g/mol. The van der Waals surface area contributed by atoms with Crippen LogP contribution in [0.2, 0.25) is 0 Å². The first-order chi connectivity index (χ1) is 14.5. The van der Waals surface area contributed by atoms with Crippen molar-refractivity contribution >= 4 is 17.7 Å². The molecule has 0 fully saturated rings. The summed E-state index contributed by atoms with van der Waals surface area (Å²) in [6.45, 7) is 1.99. The molecule has 2 N–H and O–H groups in total. The number of nitrogens with zero attached hydrogens (tertiary/aromatic N) is 5. The molecule has 0 bridgehead atoms. The highest BCUT2D eigenvalue weighted by atomic mass is 32.2. The summed E-state index contributed by atoms with van der Waals surface area (Å²) in [5.74, 6) is 1.22. The third-order valence-electron chi connectivity index (χ3n) is 4.26. The van der Waals surface area contributed by atoms with Gasteiger partial charge >= 0.3 is 0 Å². The van der Waals surface area contributed by atoms with Gasteiger partial charge in [-0.2, -0.15) is 4.98 Å². The van der Waals surface area contributed by atoms with E-state index in [9.17, 15) is 9.18 Å². The second-order valence-electron chi connectivity index (χ2n) is 6.42. The standard InChI is InChI=1S/C19H17FN6O3S/c1-11-4-5-12(9-13(11)20)17-22-16(29-25-17)10-30-19-24-23-18(14-3-2-8-28-14)26(19)7-6-15(21)27/h2-5,8-9H,6-7,10H2,1H3,(H2,21,27). The molecular formula is C19H17FN6O3S. The number of furan rings is 1. The number of thioether (sulfide) groups is 1. The molecule has 9 nitrogen and oxygen atoms in total. The molecule has 0 saturated carbocycles. The van der Waals surface area contributed by atoms with E-state index in [1.807, 2.05) is 0 Å². The zero-order valence-electron chi connectivity index (χ0n) is 15.9. The van der Waals surface area contributed by atoms with Gasteiger partial charge in [0.2, 0.25) is 17.6 Å². The third kappa shape index (κ3) is 4.25. The maximum absolute atomic E-state index is 13.8. The lowest BCUT2D eigenvalue weighted by atomic mass is 10.1. The van der Waals surface area contributed by atoms with Crippen LogP contribution in [0.1, 0.15) is 17.9 Å². The first kappa shape index (κ1) is 19.8. The molecule has 3 heterocycles. The van der Waals surface area contributed by atoms with Crippen molar-refractivity contribution in [2.24, 2.45) is 5.73 Å². The van der Waals surface area contributed by atoms with E-state index in [-0.39, 0.29) is 12.2 Å². The molecule has 154 valence electrons. The second kappa shape index (κ2) is 8.49. The first-order valence-electron chi connectivity index (χ1n) is 8.98. The topological polar surface area (TPSA) is 126 Å². The summed E-state index contributed by atoms with van der Waals surface area (Å²) in [6.07, 6.45) is 1.66. The molecule has 0 radical (unpaired) electrons. The fourth-order valence-electron chi connectivity index (χ4n) is 2.70. The van der Waals surface area contributed by atoms with Crippen molar-refractivity contribution in [2.75, 3.05) is 0 Å². The molecule has 0 aliphatic heterocycles. The smallest absolute Gasteiger partial charge is 0.237 e. The Morgan fingerprint density at radius 3 is 2.90 bits per heavy atom. The second-order valence-corrected chi connectivity index (χ2v) is 7.36. The lowest BCUT2D eigenvalue weighted by molar-refractivity contribution is -0.118. The SMILES string of the molecule is Cc1ccc(-c2noc(CSc3nnc(-c4ccco4)n3CCC(N)=O)n2)cc1F. The van der Waals surface area contributed by atoms with Gasteiger partial charge in [-0.3, -0.25) is 9.36 Å². The molecule has 4 aromatic rings. The van der Waals surface area contributed by atoms with Crippen LogP contribution in [-0.4, -0.2) is 30.8 Å². The Labute approximate surface area is 174 Å². The molecule has 0 aliphatic rings.